The molecular formula is C10H23N. The Labute approximate surface area is 71.4 Å². The molecule has 11 heavy (non-hydrogen) atoms. The molecule has 2 N–H and O–H groups in total. The number of rotatable bonds is 6. The van der Waals surface area contributed by atoms with E-state index in [4.69, 9.17) is 5.73 Å². The van der Waals surface area contributed by atoms with Crippen molar-refractivity contribution < 1.29 is 0 Å². The zero-order valence-corrected chi connectivity index (χ0v) is 8.27. The van der Waals surface area contributed by atoms with Gasteiger partial charge in [0.15, 0.2) is 0 Å². The Kier molecular flexibility index (Phi) is 6.63. The second kappa shape index (κ2) is 6.66. The van der Waals surface area contributed by atoms with E-state index in [0.29, 0.717) is 6.04 Å². The summed E-state index contributed by atoms with van der Waals surface area (Å²) >= 11 is 0. The van der Waals surface area contributed by atoms with Crippen LogP contribution in [-0.2, 0) is 0 Å². The zero-order valence-electron chi connectivity index (χ0n) is 8.27. The van der Waals surface area contributed by atoms with Gasteiger partial charge >= 0.3 is 0 Å². The Bertz CT molecular complexity index is 78.9. The summed E-state index contributed by atoms with van der Waals surface area (Å²) in [5.41, 5.74) is 5.92. The number of hydrogen-bond donors (Lipinski definition) is 1. The topological polar surface area (TPSA) is 26.0 Å². The van der Waals surface area contributed by atoms with Crippen LogP contribution in [-0.4, -0.2) is 6.04 Å². The van der Waals surface area contributed by atoms with Gasteiger partial charge in [0.05, 0.1) is 0 Å². The van der Waals surface area contributed by atoms with Gasteiger partial charge in [0, 0.05) is 6.04 Å². The van der Waals surface area contributed by atoms with Crippen LogP contribution in [0.15, 0.2) is 0 Å². The SMILES string of the molecule is CCCCC[C@@H](N)CC(C)C. The third kappa shape index (κ3) is 7.86. The zero-order chi connectivity index (χ0) is 8.69. The third-order valence-electron chi connectivity index (χ3n) is 1.95. The van der Waals surface area contributed by atoms with Crippen LogP contribution < -0.4 is 5.73 Å². The Morgan fingerprint density at radius 1 is 1.18 bits per heavy atom. The molecule has 0 aliphatic heterocycles. The first kappa shape index (κ1) is 11.0. The van der Waals surface area contributed by atoms with E-state index in [-0.39, 0.29) is 0 Å². The van der Waals surface area contributed by atoms with E-state index < -0.39 is 0 Å². The molecular weight excluding hydrogens is 134 g/mol. The normalized spacial score (nSPS) is 13.9. The molecule has 0 radical (unpaired) electrons. The van der Waals surface area contributed by atoms with Crippen molar-refractivity contribution >= 4 is 0 Å². The molecule has 0 amide bonds. The highest BCUT2D eigenvalue weighted by Gasteiger charge is 2.03. The van der Waals surface area contributed by atoms with Crippen LogP contribution in [0.2, 0.25) is 0 Å². The highest BCUT2D eigenvalue weighted by molar-refractivity contribution is 4.62. The van der Waals surface area contributed by atoms with E-state index in [1.165, 1.54) is 32.1 Å². The smallest absolute Gasteiger partial charge is 0.00412 e. The molecule has 1 nitrogen and oxygen atoms in total. The molecule has 0 heterocycles. The highest BCUT2D eigenvalue weighted by Crippen LogP contribution is 2.09. The quantitative estimate of drug-likeness (QED) is 0.589. The first-order chi connectivity index (χ1) is 5.16. The van der Waals surface area contributed by atoms with E-state index in [1.54, 1.807) is 0 Å². The molecule has 0 saturated carbocycles. The van der Waals surface area contributed by atoms with Crippen molar-refractivity contribution in [2.24, 2.45) is 11.7 Å². The van der Waals surface area contributed by atoms with Crippen LogP contribution in [0.3, 0.4) is 0 Å². The molecule has 0 spiro atoms. The monoisotopic (exact) mass is 157 g/mol. The van der Waals surface area contributed by atoms with Crippen LogP contribution in [0.4, 0.5) is 0 Å². The molecule has 0 fully saturated rings. The fourth-order valence-corrected chi connectivity index (χ4v) is 1.38. The maximum atomic E-state index is 5.92. The van der Waals surface area contributed by atoms with Crippen molar-refractivity contribution in [2.45, 2.75) is 58.9 Å². The average molecular weight is 157 g/mol. The minimum absolute atomic E-state index is 0.446. The minimum Gasteiger partial charge on any atom is -0.328 e. The summed E-state index contributed by atoms with van der Waals surface area (Å²) in [6.07, 6.45) is 6.35. The highest BCUT2D eigenvalue weighted by atomic mass is 14.6. The predicted octanol–water partition coefficient (Wildman–Crippen LogP) is 2.94. The van der Waals surface area contributed by atoms with Crippen molar-refractivity contribution in [1.82, 2.24) is 0 Å². The molecule has 0 unspecified atom stereocenters. The van der Waals surface area contributed by atoms with Crippen LogP contribution in [0, 0.1) is 5.92 Å². The summed E-state index contributed by atoms with van der Waals surface area (Å²) in [6.45, 7) is 6.70. The summed E-state index contributed by atoms with van der Waals surface area (Å²) in [4.78, 5) is 0. The van der Waals surface area contributed by atoms with E-state index in [2.05, 4.69) is 20.8 Å². The van der Waals surface area contributed by atoms with Gasteiger partial charge < -0.3 is 5.73 Å². The maximum absolute atomic E-state index is 5.92. The van der Waals surface area contributed by atoms with Crippen LogP contribution >= 0.6 is 0 Å². The molecule has 0 aliphatic carbocycles. The fraction of sp³-hybridized carbons (Fsp3) is 1.00. The molecule has 0 aromatic heterocycles. The van der Waals surface area contributed by atoms with Gasteiger partial charge in [-0.1, -0.05) is 40.0 Å². The van der Waals surface area contributed by atoms with Gasteiger partial charge in [0.25, 0.3) is 0 Å². The molecule has 1 heteroatoms. The Morgan fingerprint density at radius 2 is 1.82 bits per heavy atom. The summed E-state index contributed by atoms with van der Waals surface area (Å²) in [6, 6.07) is 0.446. The lowest BCUT2D eigenvalue weighted by molar-refractivity contribution is 0.456. The van der Waals surface area contributed by atoms with E-state index in [9.17, 15) is 0 Å². The van der Waals surface area contributed by atoms with Gasteiger partial charge in [0.2, 0.25) is 0 Å². The van der Waals surface area contributed by atoms with Gasteiger partial charge in [-0.25, -0.2) is 0 Å². The van der Waals surface area contributed by atoms with Gasteiger partial charge in [-0.2, -0.15) is 0 Å². The summed E-state index contributed by atoms with van der Waals surface area (Å²) in [5.74, 6) is 0.756. The van der Waals surface area contributed by atoms with E-state index in [1.807, 2.05) is 0 Å². The maximum Gasteiger partial charge on any atom is 0.00412 e. The molecule has 0 rings (SSSR count). The standard InChI is InChI=1S/C10H23N/c1-4-5-6-7-10(11)8-9(2)3/h9-10H,4-8,11H2,1-3H3/t10-/m1/s1. The van der Waals surface area contributed by atoms with Crippen molar-refractivity contribution in [3.05, 3.63) is 0 Å². The molecule has 0 aliphatic rings. The van der Waals surface area contributed by atoms with Gasteiger partial charge in [-0.05, 0) is 18.8 Å². The largest absolute Gasteiger partial charge is 0.328 e. The lowest BCUT2D eigenvalue weighted by atomic mass is 9.99. The van der Waals surface area contributed by atoms with Crippen molar-refractivity contribution in [3.8, 4) is 0 Å². The van der Waals surface area contributed by atoms with Gasteiger partial charge in [0.1, 0.15) is 0 Å². The van der Waals surface area contributed by atoms with Crippen molar-refractivity contribution in [1.29, 1.82) is 0 Å². The molecule has 0 bridgehead atoms. The molecule has 1 atom stereocenters. The minimum atomic E-state index is 0.446. The first-order valence-corrected chi connectivity index (χ1v) is 4.92. The lowest BCUT2D eigenvalue weighted by Crippen LogP contribution is -2.21. The van der Waals surface area contributed by atoms with Crippen LogP contribution in [0.25, 0.3) is 0 Å². The van der Waals surface area contributed by atoms with Crippen molar-refractivity contribution in [3.63, 3.8) is 0 Å². The summed E-state index contributed by atoms with van der Waals surface area (Å²) in [7, 11) is 0. The average Bonchev–Trinajstić information content (AvgIpc) is 1.86. The second-order valence-corrected chi connectivity index (χ2v) is 3.89. The van der Waals surface area contributed by atoms with Gasteiger partial charge in [-0.15, -0.1) is 0 Å². The number of unbranched alkanes of at least 4 members (excludes halogenated alkanes) is 2. The Morgan fingerprint density at radius 3 is 2.27 bits per heavy atom. The van der Waals surface area contributed by atoms with E-state index >= 15 is 0 Å². The van der Waals surface area contributed by atoms with E-state index in [0.717, 1.165) is 5.92 Å². The third-order valence-corrected chi connectivity index (χ3v) is 1.95. The van der Waals surface area contributed by atoms with Crippen molar-refractivity contribution in [2.75, 3.05) is 0 Å². The number of nitrogens with two attached hydrogens (primary N) is 1. The first-order valence-electron chi connectivity index (χ1n) is 4.92. The molecule has 0 aromatic carbocycles. The fourth-order valence-electron chi connectivity index (χ4n) is 1.38. The van der Waals surface area contributed by atoms with Crippen LogP contribution in [0.1, 0.15) is 52.9 Å². The molecule has 0 aromatic rings. The Balaban J connectivity index is 3.15. The predicted molar refractivity (Wildman–Crippen MR) is 51.6 cm³/mol. The summed E-state index contributed by atoms with van der Waals surface area (Å²) in [5, 5.41) is 0. The van der Waals surface area contributed by atoms with Crippen LogP contribution in [0.5, 0.6) is 0 Å². The molecule has 68 valence electrons. The Hall–Kier alpha value is -0.0400. The lowest BCUT2D eigenvalue weighted by Gasteiger charge is -2.12. The second-order valence-electron chi connectivity index (χ2n) is 3.89. The molecule has 0 saturated heterocycles. The van der Waals surface area contributed by atoms with Gasteiger partial charge in [-0.3, -0.25) is 0 Å². The summed E-state index contributed by atoms with van der Waals surface area (Å²) < 4.78 is 0. The number of hydrogen-bond acceptors (Lipinski definition) is 1.